The van der Waals surface area contributed by atoms with Crippen molar-refractivity contribution >= 4 is 33.7 Å². The Bertz CT molecular complexity index is 771. The summed E-state index contributed by atoms with van der Waals surface area (Å²) in [6.45, 7) is 0. The highest BCUT2D eigenvalue weighted by molar-refractivity contribution is 7.16. The van der Waals surface area contributed by atoms with Gasteiger partial charge in [0.15, 0.2) is 5.13 Å². The maximum atomic E-state index is 11.9. The normalized spacial score (nSPS) is 10.4. The van der Waals surface area contributed by atoms with E-state index < -0.39 is 5.91 Å². The van der Waals surface area contributed by atoms with E-state index in [2.05, 4.69) is 20.5 Å². The van der Waals surface area contributed by atoms with E-state index in [4.69, 9.17) is 0 Å². The minimum atomic E-state index is -0.409. The second kappa shape index (κ2) is 5.35. The first-order chi connectivity index (χ1) is 9.72. The van der Waals surface area contributed by atoms with Crippen LogP contribution in [0.2, 0.25) is 0 Å². The van der Waals surface area contributed by atoms with Crippen LogP contribution in [0.15, 0.2) is 39.8 Å². The lowest BCUT2D eigenvalue weighted by atomic mass is 10.4. The number of thiazole rings is 1. The predicted molar refractivity (Wildman–Crippen MR) is 78.2 cm³/mol. The lowest BCUT2D eigenvalue weighted by molar-refractivity contribution is 0.102. The molecule has 1 amide bonds. The lowest BCUT2D eigenvalue weighted by Crippen LogP contribution is -2.17. The van der Waals surface area contributed by atoms with E-state index >= 15 is 0 Å². The minimum absolute atomic E-state index is 0.137. The molecule has 0 aliphatic heterocycles. The third-order valence-electron chi connectivity index (χ3n) is 2.41. The van der Waals surface area contributed by atoms with E-state index in [1.54, 1.807) is 11.3 Å². The van der Waals surface area contributed by atoms with Crippen LogP contribution in [0.25, 0.3) is 10.6 Å². The Labute approximate surface area is 121 Å². The molecule has 8 heteroatoms. The average Bonchev–Trinajstić information content (AvgIpc) is 3.09. The molecule has 0 radical (unpaired) electrons. The highest BCUT2D eigenvalue weighted by atomic mass is 32.1. The number of rotatable bonds is 3. The zero-order valence-electron chi connectivity index (χ0n) is 9.99. The molecule has 6 nitrogen and oxygen atoms in total. The fourth-order valence-corrected chi connectivity index (χ4v) is 2.97. The molecule has 0 bridgehead atoms. The molecule has 0 aliphatic rings. The number of carbonyl (C=O) groups excluding carboxylic acids is 1. The molecule has 2 N–H and O–H groups in total. The maximum Gasteiger partial charge on any atom is 0.277 e. The van der Waals surface area contributed by atoms with Crippen molar-refractivity contribution in [3.8, 4) is 10.6 Å². The Morgan fingerprint density at radius 2 is 2.15 bits per heavy atom. The molecular weight excluding hydrogens is 296 g/mol. The van der Waals surface area contributed by atoms with Crippen molar-refractivity contribution in [2.24, 2.45) is 0 Å². The molecular formula is C12H8N4O2S2. The van der Waals surface area contributed by atoms with Crippen molar-refractivity contribution < 1.29 is 4.79 Å². The summed E-state index contributed by atoms with van der Waals surface area (Å²) in [5.41, 5.74) is 0.614. The molecule has 0 saturated carbocycles. The van der Waals surface area contributed by atoms with E-state index in [1.165, 1.54) is 23.5 Å². The predicted octanol–water partition coefficient (Wildman–Crippen LogP) is 2.21. The minimum Gasteiger partial charge on any atom is -0.296 e. The van der Waals surface area contributed by atoms with Crippen LogP contribution in [-0.2, 0) is 0 Å². The number of aromatic amines is 1. The first-order valence-corrected chi connectivity index (χ1v) is 7.35. The van der Waals surface area contributed by atoms with E-state index in [9.17, 15) is 9.59 Å². The monoisotopic (exact) mass is 304 g/mol. The van der Waals surface area contributed by atoms with Crippen LogP contribution >= 0.6 is 22.7 Å². The van der Waals surface area contributed by atoms with Crippen molar-refractivity contribution in [2.75, 3.05) is 5.32 Å². The summed E-state index contributed by atoms with van der Waals surface area (Å²) >= 11 is 2.92. The second-order valence-electron chi connectivity index (χ2n) is 3.78. The number of hydrogen-bond acceptors (Lipinski definition) is 6. The Kier molecular flexibility index (Phi) is 3.40. The van der Waals surface area contributed by atoms with Crippen molar-refractivity contribution in [1.82, 2.24) is 15.2 Å². The molecule has 3 aromatic heterocycles. The number of nitrogens with zero attached hydrogens (tertiary/aromatic N) is 2. The van der Waals surface area contributed by atoms with E-state index in [1.807, 2.05) is 22.9 Å². The highest BCUT2D eigenvalue weighted by Crippen LogP contribution is 2.28. The van der Waals surface area contributed by atoms with Crippen molar-refractivity contribution in [1.29, 1.82) is 0 Å². The fourth-order valence-electron chi connectivity index (χ4n) is 1.50. The molecule has 0 fully saturated rings. The topological polar surface area (TPSA) is 87.7 Å². The van der Waals surface area contributed by atoms with Crippen LogP contribution in [0, 0.1) is 0 Å². The van der Waals surface area contributed by atoms with E-state index in [0.717, 1.165) is 10.6 Å². The summed E-state index contributed by atoms with van der Waals surface area (Å²) in [7, 11) is 0. The smallest absolute Gasteiger partial charge is 0.277 e. The highest BCUT2D eigenvalue weighted by Gasteiger charge is 2.11. The van der Waals surface area contributed by atoms with Gasteiger partial charge in [-0.3, -0.25) is 14.9 Å². The largest absolute Gasteiger partial charge is 0.296 e. The van der Waals surface area contributed by atoms with Gasteiger partial charge in [-0.1, -0.05) is 6.07 Å². The molecule has 0 atom stereocenters. The number of anilines is 1. The molecule has 0 saturated heterocycles. The summed E-state index contributed by atoms with van der Waals surface area (Å²) < 4.78 is 0. The Balaban J connectivity index is 1.76. The number of thiophene rings is 1. The van der Waals surface area contributed by atoms with Gasteiger partial charge in [0.1, 0.15) is 5.69 Å². The number of H-pyrrole nitrogens is 1. The second-order valence-corrected chi connectivity index (χ2v) is 5.58. The molecule has 3 aromatic rings. The Morgan fingerprint density at radius 3 is 2.85 bits per heavy atom. The van der Waals surface area contributed by atoms with Gasteiger partial charge in [-0.05, 0) is 17.5 Å². The number of nitrogens with one attached hydrogen (secondary N) is 2. The summed E-state index contributed by atoms with van der Waals surface area (Å²) in [5.74, 6) is -0.409. The summed E-state index contributed by atoms with van der Waals surface area (Å²) in [6, 6.07) is 6.53. The van der Waals surface area contributed by atoms with Crippen LogP contribution in [0.1, 0.15) is 10.5 Å². The molecule has 0 aromatic carbocycles. The molecule has 20 heavy (non-hydrogen) atoms. The first kappa shape index (κ1) is 12.7. The lowest BCUT2D eigenvalue weighted by Gasteiger charge is -1.99. The molecule has 0 unspecified atom stereocenters. The summed E-state index contributed by atoms with van der Waals surface area (Å²) in [6.07, 6.45) is 0. The SMILES string of the molecule is O=C(Nc1nc(-c2cccs2)cs1)c1ccc(=O)[nH]n1. The van der Waals surface area contributed by atoms with Crippen LogP contribution < -0.4 is 10.9 Å². The molecule has 100 valence electrons. The maximum absolute atomic E-state index is 11.9. The standard InChI is InChI=1S/C12H8N4O2S2/c17-10-4-3-7(15-16-10)11(18)14-12-13-8(6-20-12)9-2-1-5-19-9/h1-6H,(H,16,17)(H,13,14,18). The molecule has 0 aliphatic carbocycles. The van der Waals surface area contributed by atoms with Gasteiger partial charge in [-0.25, -0.2) is 10.1 Å². The van der Waals surface area contributed by atoms with Gasteiger partial charge in [0.25, 0.3) is 11.5 Å². The summed E-state index contributed by atoms with van der Waals surface area (Å²) in [5, 5.41) is 12.9. The number of hydrogen-bond donors (Lipinski definition) is 2. The van der Waals surface area contributed by atoms with Crippen LogP contribution in [0.3, 0.4) is 0 Å². The van der Waals surface area contributed by atoms with Gasteiger partial charge in [0.2, 0.25) is 0 Å². The van der Waals surface area contributed by atoms with Crippen LogP contribution in [0.5, 0.6) is 0 Å². The Morgan fingerprint density at radius 1 is 1.25 bits per heavy atom. The van der Waals surface area contributed by atoms with Gasteiger partial charge < -0.3 is 0 Å². The molecule has 3 heterocycles. The third-order valence-corrected chi connectivity index (χ3v) is 4.06. The van der Waals surface area contributed by atoms with Gasteiger partial charge in [-0.2, -0.15) is 5.10 Å². The molecule has 3 rings (SSSR count). The quantitative estimate of drug-likeness (QED) is 0.776. The zero-order valence-corrected chi connectivity index (χ0v) is 11.6. The number of aromatic nitrogens is 3. The van der Waals surface area contributed by atoms with Gasteiger partial charge in [0.05, 0.1) is 10.6 Å². The van der Waals surface area contributed by atoms with Crippen molar-refractivity contribution in [3.63, 3.8) is 0 Å². The number of amides is 1. The van der Waals surface area contributed by atoms with Gasteiger partial charge >= 0.3 is 0 Å². The first-order valence-electron chi connectivity index (χ1n) is 5.59. The number of carbonyl (C=O) groups is 1. The van der Waals surface area contributed by atoms with Crippen LogP contribution in [0.4, 0.5) is 5.13 Å². The molecule has 0 spiro atoms. The van der Waals surface area contributed by atoms with Gasteiger partial charge in [-0.15, -0.1) is 22.7 Å². The average molecular weight is 304 g/mol. The van der Waals surface area contributed by atoms with Crippen molar-refractivity contribution in [3.05, 3.63) is 51.1 Å². The third kappa shape index (κ3) is 2.65. The van der Waals surface area contributed by atoms with E-state index in [0.29, 0.717) is 5.13 Å². The zero-order chi connectivity index (χ0) is 13.9. The summed E-state index contributed by atoms with van der Waals surface area (Å²) in [4.78, 5) is 28.2. The van der Waals surface area contributed by atoms with Gasteiger partial charge in [0, 0.05) is 11.4 Å². The fraction of sp³-hybridized carbons (Fsp3) is 0. The van der Waals surface area contributed by atoms with Crippen LogP contribution in [-0.4, -0.2) is 21.1 Å². The Hall–Kier alpha value is -2.32. The van der Waals surface area contributed by atoms with Crippen molar-refractivity contribution in [2.45, 2.75) is 0 Å². The van der Waals surface area contributed by atoms with E-state index in [-0.39, 0.29) is 11.3 Å².